The summed E-state index contributed by atoms with van der Waals surface area (Å²) in [5.74, 6) is -0.192. The summed E-state index contributed by atoms with van der Waals surface area (Å²) in [6.45, 7) is 3.56. The molecule has 116 valence electrons. The van der Waals surface area contributed by atoms with E-state index in [1.165, 1.54) is 10.8 Å². The zero-order valence-corrected chi connectivity index (χ0v) is 12.4. The second kappa shape index (κ2) is 6.60. The van der Waals surface area contributed by atoms with E-state index >= 15 is 0 Å². The van der Waals surface area contributed by atoms with Crippen LogP contribution in [0.1, 0.15) is 32.6 Å². The molecular formula is C14H22N4O3. The smallest absolute Gasteiger partial charge is 0.331 e. The molecule has 7 nitrogen and oxygen atoms in total. The molecule has 1 fully saturated rings. The van der Waals surface area contributed by atoms with Gasteiger partial charge in [-0.15, -0.1) is 0 Å². The molecule has 21 heavy (non-hydrogen) atoms. The summed E-state index contributed by atoms with van der Waals surface area (Å²) in [6.07, 6.45) is 5.16. The minimum absolute atomic E-state index is 0.00510. The number of carbonyl (C=O) groups excluding carboxylic acids is 1. The highest BCUT2D eigenvalue weighted by Gasteiger charge is 2.19. The van der Waals surface area contributed by atoms with Gasteiger partial charge in [-0.2, -0.15) is 0 Å². The van der Waals surface area contributed by atoms with Crippen molar-refractivity contribution >= 4 is 11.6 Å². The molecule has 0 aliphatic carbocycles. The third-order valence-electron chi connectivity index (χ3n) is 3.73. The molecule has 0 radical (unpaired) electrons. The Morgan fingerprint density at radius 2 is 1.90 bits per heavy atom. The van der Waals surface area contributed by atoms with E-state index in [0.717, 1.165) is 30.3 Å². The summed E-state index contributed by atoms with van der Waals surface area (Å²) in [7, 11) is 0. The fourth-order valence-corrected chi connectivity index (χ4v) is 2.60. The molecule has 1 aromatic rings. The van der Waals surface area contributed by atoms with Gasteiger partial charge < -0.3 is 10.6 Å². The van der Waals surface area contributed by atoms with Crippen LogP contribution in [-0.2, 0) is 17.9 Å². The van der Waals surface area contributed by atoms with Crippen molar-refractivity contribution in [2.45, 2.75) is 45.7 Å². The normalized spacial score (nSPS) is 15.2. The van der Waals surface area contributed by atoms with Crippen LogP contribution in [0.25, 0.3) is 0 Å². The lowest BCUT2D eigenvalue weighted by molar-refractivity contribution is -0.132. The Kier molecular flexibility index (Phi) is 4.82. The van der Waals surface area contributed by atoms with E-state index in [0.29, 0.717) is 19.6 Å². The van der Waals surface area contributed by atoms with Crippen LogP contribution < -0.4 is 17.0 Å². The molecule has 0 bridgehead atoms. The Morgan fingerprint density at radius 1 is 1.24 bits per heavy atom. The summed E-state index contributed by atoms with van der Waals surface area (Å²) in [6, 6.07) is 0. The predicted molar refractivity (Wildman–Crippen MR) is 80.1 cm³/mol. The van der Waals surface area contributed by atoms with Gasteiger partial charge in [-0.3, -0.25) is 14.2 Å². The summed E-state index contributed by atoms with van der Waals surface area (Å²) in [5, 5.41) is 0. The van der Waals surface area contributed by atoms with Crippen molar-refractivity contribution in [2.24, 2.45) is 0 Å². The largest absolute Gasteiger partial charge is 0.393 e. The molecule has 1 amide bonds. The average Bonchev–Trinajstić information content (AvgIpc) is 2.50. The molecule has 0 unspecified atom stereocenters. The highest BCUT2D eigenvalue weighted by atomic mass is 16.2. The Bertz CT molecular complexity index is 626. The maximum atomic E-state index is 12.2. The van der Waals surface area contributed by atoms with E-state index in [1.807, 2.05) is 6.92 Å². The van der Waals surface area contributed by atoms with Crippen molar-refractivity contribution in [1.82, 2.24) is 14.0 Å². The fraction of sp³-hybridized carbons (Fsp3) is 0.643. The van der Waals surface area contributed by atoms with Gasteiger partial charge in [-0.05, 0) is 25.7 Å². The molecular weight excluding hydrogens is 272 g/mol. The number of amides is 1. The molecule has 2 N–H and O–H groups in total. The van der Waals surface area contributed by atoms with Gasteiger partial charge in [0.1, 0.15) is 12.2 Å². The first-order chi connectivity index (χ1) is 10.0. The van der Waals surface area contributed by atoms with Gasteiger partial charge in [0.15, 0.2) is 0 Å². The second-order valence-electron chi connectivity index (χ2n) is 5.39. The van der Waals surface area contributed by atoms with Gasteiger partial charge in [0, 0.05) is 25.8 Å². The summed E-state index contributed by atoms with van der Waals surface area (Å²) in [4.78, 5) is 38.2. The third kappa shape index (κ3) is 3.34. The van der Waals surface area contributed by atoms with Crippen LogP contribution in [0.3, 0.4) is 0 Å². The molecule has 1 aliphatic heterocycles. The van der Waals surface area contributed by atoms with Crippen LogP contribution in [0.2, 0.25) is 0 Å². The zero-order chi connectivity index (χ0) is 15.4. The van der Waals surface area contributed by atoms with Crippen LogP contribution >= 0.6 is 0 Å². The van der Waals surface area contributed by atoms with Crippen LogP contribution in [0.15, 0.2) is 15.8 Å². The number of nitrogens with zero attached hydrogens (tertiary/aromatic N) is 3. The molecule has 2 heterocycles. The van der Waals surface area contributed by atoms with E-state index in [-0.39, 0.29) is 18.1 Å². The minimum Gasteiger partial charge on any atom is -0.393 e. The van der Waals surface area contributed by atoms with Crippen LogP contribution in [0, 0.1) is 0 Å². The van der Waals surface area contributed by atoms with Crippen LogP contribution in [0.5, 0.6) is 0 Å². The number of likely N-dealkylation sites (tertiary alicyclic amines) is 1. The van der Waals surface area contributed by atoms with Crippen molar-refractivity contribution in [3.8, 4) is 0 Å². The number of piperidine rings is 1. The van der Waals surface area contributed by atoms with E-state index in [2.05, 4.69) is 0 Å². The highest BCUT2D eigenvalue weighted by Crippen LogP contribution is 2.08. The van der Waals surface area contributed by atoms with Crippen molar-refractivity contribution in [2.75, 3.05) is 18.8 Å². The number of carbonyl (C=O) groups is 1. The lowest BCUT2D eigenvalue weighted by atomic mass is 10.1. The second-order valence-corrected chi connectivity index (χ2v) is 5.39. The first-order valence-corrected chi connectivity index (χ1v) is 7.42. The number of anilines is 1. The summed E-state index contributed by atoms with van der Waals surface area (Å²) >= 11 is 0. The Morgan fingerprint density at radius 3 is 2.52 bits per heavy atom. The van der Waals surface area contributed by atoms with Crippen molar-refractivity contribution < 1.29 is 4.79 Å². The number of nitrogen functional groups attached to an aromatic ring is 1. The van der Waals surface area contributed by atoms with Gasteiger partial charge >= 0.3 is 5.69 Å². The Hall–Kier alpha value is -2.05. The van der Waals surface area contributed by atoms with Crippen molar-refractivity contribution in [3.05, 3.63) is 27.0 Å². The monoisotopic (exact) mass is 294 g/mol. The molecule has 0 saturated carbocycles. The number of rotatable bonds is 4. The quantitative estimate of drug-likeness (QED) is 0.847. The summed E-state index contributed by atoms with van der Waals surface area (Å²) < 4.78 is 2.34. The molecule has 0 spiro atoms. The van der Waals surface area contributed by atoms with Crippen LogP contribution in [-0.4, -0.2) is 33.0 Å². The van der Waals surface area contributed by atoms with Gasteiger partial charge in [0.05, 0.1) is 0 Å². The minimum atomic E-state index is -0.585. The summed E-state index contributed by atoms with van der Waals surface area (Å²) in [5.41, 5.74) is 4.60. The van der Waals surface area contributed by atoms with Gasteiger partial charge in [0.25, 0.3) is 5.56 Å². The molecule has 7 heteroatoms. The lowest BCUT2D eigenvalue weighted by Gasteiger charge is -2.26. The lowest BCUT2D eigenvalue weighted by Crippen LogP contribution is -2.46. The number of hydrogen-bond acceptors (Lipinski definition) is 4. The van der Waals surface area contributed by atoms with Crippen LogP contribution in [0.4, 0.5) is 5.69 Å². The van der Waals surface area contributed by atoms with Crippen molar-refractivity contribution in [1.29, 1.82) is 0 Å². The Labute approximate surface area is 123 Å². The molecule has 0 atom stereocenters. The predicted octanol–water partition coefficient (Wildman–Crippen LogP) is 0.0147. The topological polar surface area (TPSA) is 90.3 Å². The van der Waals surface area contributed by atoms with E-state index in [9.17, 15) is 14.4 Å². The zero-order valence-electron chi connectivity index (χ0n) is 12.4. The molecule has 1 saturated heterocycles. The average molecular weight is 294 g/mol. The molecule has 2 rings (SSSR count). The first kappa shape index (κ1) is 15.3. The molecule has 1 aromatic heterocycles. The SMILES string of the molecule is CCCn1cc(N)c(=O)n(CC(=O)N2CCCCC2)c1=O. The van der Waals surface area contributed by atoms with E-state index in [1.54, 1.807) is 4.90 Å². The van der Waals surface area contributed by atoms with Crippen molar-refractivity contribution in [3.63, 3.8) is 0 Å². The number of hydrogen-bond donors (Lipinski definition) is 1. The Balaban J connectivity index is 2.28. The molecule has 0 aromatic carbocycles. The maximum absolute atomic E-state index is 12.2. The van der Waals surface area contributed by atoms with Gasteiger partial charge in [-0.25, -0.2) is 9.36 Å². The standard InChI is InChI=1S/C14H22N4O3/c1-2-6-17-9-11(15)13(20)18(14(17)21)10-12(19)16-7-4-3-5-8-16/h9H,2-8,10,15H2,1H3. The maximum Gasteiger partial charge on any atom is 0.331 e. The molecule has 1 aliphatic rings. The fourth-order valence-electron chi connectivity index (χ4n) is 2.60. The number of aromatic nitrogens is 2. The van der Waals surface area contributed by atoms with E-state index < -0.39 is 11.2 Å². The first-order valence-electron chi connectivity index (χ1n) is 7.42. The number of nitrogens with two attached hydrogens (primary N) is 1. The number of aryl methyl sites for hydroxylation is 1. The van der Waals surface area contributed by atoms with E-state index in [4.69, 9.17) is 5.73 Å². The highest BCUT2D eigenvalue weighted by molar-refractivity contribution is 5.76. The van der Waals surface area contributed by atoms with Gasteiger partial charge in [-0.1, -0.05) is 6.92 Å². The van der Waals surface area contributed by atoms with Gasteiger partial charge in [0.2, 0.25) is 5.91 Å². The third-order valence-corrected chi connectivity index (χ3v) is 3.73.